The number of amides is 1. The summed E-state index contributed by atoms with van der Waals surface area (Å²) in [4.78, 5) is 11.9. The fourth-order valence-corrected chi connectivity index (χ4v) is 2.44. The lowest BCUT2D eigenvalue weighted by Gasteiger charge is -2.16. The van der Waals surface area contributed by atoms with Crippen LogP contribution in [0.1, 0.15) is 25.1 Å². The molecule has 2 aromatic rings. The molecule has 5 heteroatoms. The van der Waals surface area contributed by atoms with Crippen molar-refractivity contribution in [1.82, 2.24) is 4.57 Å². The summed E-state index contributed by atoms with van der Waals surface area (Å²) in [6, 6.07) is 8.49. The summed E-state index contributed by atoms with van der Waals surface area (Å²) in [7, 11) is 0. The van der Waals surface area contributed by atoms with Gasteiger partial charge >= 0.3 is 0 Å². The third-order valence-corrected chi connectivity index (χ3v) is 3.70. The maximum Gasteiger partial charge on any atom is 0.234 e. The van der Waals surface area contributed by atoms with Gasteiger partial charge in [0.05, 0.1) is 11.1 Å². The van der Waals surface area contributed by atoms with E-state index >= 15 is 0 Å². The number of carbonyl (C=O) groups is 1. The Kier molecular flexibility index (Phi) is 2.45. The standard InChI is InChI=1S/C15H12FN3O/c1-15(2)11-6-10(19-5-3-4-9(19)8-17)7-12(16)13(11)18-14(15)20/h3-7H,1-2H3,(H,18,20). The number of aromatic nitrogens is 1. The topological polar surface area (TPSA) is 57.8 Å². The number of hydrogen-bond donors (Lipinski definition) is 1. The van der Waals surface area contributed by atoms with Crippen molar-refractivity contribution in [1.29, 1.82) is 5.26 Å². The average molecular weight is 269 g/mol. The molecule has 0 saturated carbocycles. The van der Waals surface area contributed by atoms with Crippen LogP contribution >= 0.6 is 0 Å². The first kappa shape index (κ1) is 12.4. The number of halogens is 1. The van der Waals surface area contributed by atoms with Crippen molar-refractivity contribution in [3.05, 3.63) is 47.5 Å². The Morgan fingerprint density at radius 1 is 1.40 bits per heavy atom. The Balaban J connectivity index is 2.24. The fourth-order valence-electron chi connectivity index (χ4n) is 2.44. The third-order valence-electron chi connectivity index (χ3n) is 3.70. The van der Waals surface area contributed by atoms with E-state index in [1.165, 1.54) is 6.07 Å². The van der Waals surface area contributed by atoms with Gasteiger partial charge in [-0.1, -0.05) is 0 Å². The van der Waals surface area contributed by atoms with Crippen molar-refractivity contribution >= 4 is 11.6 Å². The highest BCUT2D eigenvalue weighted by molar-refractivity contribution is 6.06. The normalized spacial score (nSPS) is 15.6. The zero-order valence-electron chi connectivity index (χ0n) is 11.1. The Bertz CT molecular complexity index is 768. The molecule has 0 saturated heterocycles. The Morgan fingerprint density at radius 2 is 2.15 bits per heavy atom. The van der Waals surface area contributed by atoms with Crippen molar-refractivity contribution in [2.45, 2.75) is 19.3 Å². The van der Waals surface area contributed by atoms with E-state index in [1.54, 1.807) is 42.8 Å². The van der Waals surface area contributed by atoms with Gasteiger partial charge in [0.2, 0.25) is 5.91 Å². The SMILES string of the molecule is CC1(C)C(=O)Nc2c(F)cc(-n3cccc3C#N)cc21. The molecule has 0 bridgehead atoms. The number of nitriles is 1. The summed E-state index contributed by atoms with van der Waals surface area (Å²) in [5.41, 5.74) is 1.00. The summed E-state index contributed by atoms with van der Waals surface area (Å²) in [5.74, 6) is -0.717. The minimum Gasteiger partial charge on any atom is -0.323 e. The van der Waals surface area contributed by atoms with Crippen LogP contribution in [-0.4, -0.2) is 10.5 Å². The minimum atomic E-state index is -0.786. The Labute approximate surface area is 115 Å². The van der Waals surface area contributed by atoms with Crippen LogP contribution in [0.25, 0.3) is 5.69 Å². The van der Waals surface area contributed by atoms with E-state index in [1.807, 2.05) is 6.07 Å². The number of anilines is 1. The number of hydrogen-bond acceptors (Lipinski definition) is 2. The van der Waals surface area contributed by atoms with Gasteiger partial charge < -0.3 is 9.88 Å². The zero-order chi connectivity index (χ0) is 14.5. The van der Waals surface area contributed by atoms with E-state index in [0.717, 1.165) is 0 Å². The maximum absolute atomic E-state index is 14.2. The number of nitrogens with zero attached hydrogens (tertiary/aromatic N) is 2. The van der Waals surface area contributed by atoms with Crippen LogP contribution in [0.2, 0.25) is 0 Å². The molecule has 0 spiro atoms. The molecule has 0 atom stereocenters. The quantitative estimate of drug-likeness (QED) is 0.865. The first-order chi connectivity index (χ1) is 9.45. The lowest BCUT2D eigenvalue weighted by molar-refractivity contribution is -0.119. The second-order valence-corrected chi connectivity index (χ2v) is 5.30. The van der Waals surface area contributed by atoms with E-state index in [0.29, 0.717) is 16.9 Å². The summed E-state index contributed by atoms with van der Waals surface area (Å²) in [5, 5.41) is 11.6. The molecule has 0 unspecified atom stereocenters. The average Bonchev–Trinajstić information content (AvgIpc) is 2.95. The summed E-state index contributed by atoms with van der Waals surface area (Å²) >= 11 is 0. The molecule has 4 nitrogen and oxygen atoms in total. The second-order valence-electron chi connectivity index (χ2n) is 5.30. The van der Waals surface area contributed by atoms with Gasteiger partial charge in [0.25, 0.3) is 0 Å². The van der Waals surface area contributed by atoms with Crippen molar-refractivity contribution in [3.8, 4) is 11.8 Å². The number of rotatable bonds is 1. The van der Waals surface area contributed by atoms with Crippen LogP contribution in [0.15, 0.2) is 30.5 Å². The van der Waals surface area contributed by atoms with Crippen LogP contribution in [-0.2, 0) is 10.2 Å². The van der Waals surface area contributed by atoms with Crippen LogP contribution in [0.3, 0.4) is 0 Å². The zero-order valence-corrected chi connectivity index (χ0v) is 11.1. The molecule has 2 heterocycles. The second kappa shape index (κ2) is 3.94. The van der Waals surface area contributed by atoms with Crippen LogP contribution in [0, 0.1) is 17.1 Å². The van der Waals surface area contributed by atoms with Crippen LogP contribution in [0.4, 0.5) is 10.1 Å². The van der Waals surface area contributed by atoms with Gasteiger partial charge in [0.1, 0.15) is 17.6 Å². The molecule has 0 fully saturated rings. The van der Waals surface area contributed by atoms with Crippen LogP contribution < -0.4 is 5.32 Å². The largest absolute Gasteiger partial charge is 0.323 e. The molecule has 1 N–H and O–H groups in total. The van der Waals surface area contributed by atoms with E-state index < -0.39 is 11.2 Å². The predicted octanol–water partition coefficient (Wildman–Crippen LogP) is 2.72. The van der Waals surface area contributed by atoms with E-state index in [-0.39, 0.29) is 11.6 Å². The van der Waals surface area contributed by atoms with Gasteiger partial charge in [0, 0.05) is 18.0 Å². The molecule has 0 radical (unpaired) electrons. The third kappa shape index (κ3) is 1.55. The highest BCUT2D eigenvalue weighted by atomic mass is 19.1. The van der Waals surface area contributed by atoms with Crippen molar-refractivity contribution in [3.63, 3.8) is 0 Å². The highest BCUT2D eigenvalue weighted by Gasteiger charge is 2.40. The number of carbonyl (C=O) groups excluding carboxylic acids is 1. The summed E-state index contributed by atoms with van der Waals surface area (Å²) in [6.45, 7) is 3.50. The van der Waals surface area contributed by atoms with Gasteiger partial charge in [-0.2, -0.15) is 5.26 Å². The number of benzene rings is 1. The molecular weight excluding hydrogens is 257 g/mol. The summed E-state index contributed by atoms with van der Waals surface area (Å²) in [6.07, 6.45) is 1.69. The molecule has 1 aliphatic heterocycles. The molecule has 1 aliphatic rings. The fraction of sp³-hybridized carbons (Fsp3) is 0.200. The first-order valence-electron chi connectivity index (χ1n) is 6.18. The molecule has 1 aromatic heterocycles. The van der Waals surface area contributed by atoms with Gasteiger partial charge in [-0.05, 0) is 37.6 Å². The number of nitrogens with one attached hydrogen (secondary N) is 1. The van der Waals surface area contributed by atoms with E-state index in [9.17, 15) is 9.18 Å². The maximum atomic E-state index is 14.2. The molecule has 3 rings (SSSR count). The van der Waals surface area contributed by atoms with Crippen molar-refractivity contribution < 1.29 is 9.18 Å². The van der Waals surface area contributed by atoms with Gasteiger partial charge in [-0.3, -0.25) is 4.79 Å². The first-order valence-corrected chi connectivity index (χ1v) is 6.18. The molecule has 1 amide bonds. The highest BCUT2D eigenvalue weighted by Crippen LogP contribution is 2.40. The summed E-state index contributed by atoms with van der Waals surface area (Å²) < 4.78 is 15.8. The lowest BCUT2D eigenvalue weighted by Crippen LogP contribution is -2.26. The molecule has 1 aromatic carbocycles. The monoisotopic (exact) mass is 269 g/mol. The molecule has 0 aliphatic carbocycles. The number of fused-ring (bicyclic) bond motifs is 1. The van der Waals surface area contributed by atoms with Gasteiger partial charge in [-0.15, -0.1) is 0 Å². The van der Waals surface area contributed by atoms with Crippen LogP contribution in [0.5, 0.6) is 0 Å². The van der Waals surface area contributed by atoms with Gasteiger partial charge in [0.15, 0.2) is 0 Å². The predicted molar refractivity (Wildman–Crippen MR) is 72.1 cm³/mol. The Morgan fingerprint density at radius 3 is 2.85 bits per heavy atom. The van der Waals surface area contributed by atoms with Gasteiger partial charge in [-0.25, -0.2) is 4.39 Å². The molecular formula is C15H12FN3O. The Hall–Kier alpha value is -2.61. The van der Waals surface area contributed by atoms with E-state index in [2.05, 4.69) is 5.32 Å². The smallest absolute Gasteiger partial charge is 0.234 e. The molecule has 100 valence electrons. The minimum absolute atomic E-state index is 0.225. The van der Waals surface area contributed by atoms with Crippen molar-refractivity contribution in [2.75, 3.05) is 5.32 Å². The van der Waals surface area contributed by atoms with Crippen molar-refractivity contribution in [2.24, 2.45) is 0 Å². The lowest BCUT2D eigenvalue weighted by atomic mass is 9.86. The van der Waals surface area contributed by atoms with E-state index in [4.69, 9.17) is 5.26 Å². The molecule has 20 heavy (non-hydrogen) atoms.